The molecule has 3 heterocycles. The van der Waals surface area contributed by atoms with Crippen molar-refractivity contribution in [2.75, 3.05) is 0 Å². The Morgan fingerprint density at radius 1 is 0.600 bits per heavy atom. The minimum Gasteiger partial charge on any atom is -0.456 e. The molecule has 4 heteroatoms. The molecular formula is C36H20BrNOS. The third-order valence-corrected chi connectivity index (χ3v) is 9.79. The van der Waals surface area contributed by atoms with E-state index in [1.807, 2.05) is 23.5 Å². The van der Waals surface area contributed by atoms with Gasteiger partial charge in [-0.1, -0.05) is 82.7 Å². The molecule has 3 aromatic heterocycles. The van der Waals surface area contributed by atoms with Crippen molar-refractivity contribution in [3.8, 4) is 16.8 Å². The van der Waals surface area contributed by atoms with Gasteiger partial charge in [-0.3, -0.25) is 0 Å². The van der Waals surface area contributed by atoms with Gasteiger partial charge >= 0.3 is 0 Å². The average molecular weight is 595 g/mol. The second-order valence-corrected chi connectivity index (χ2v) is 12.2. The van der Waals surface area contributed by atoms with E-state index in [-0.39, 0.29) is 0 Å². The number of fused-ring (bicyclic) bond motifs is 10. The van der Waals surface area contributed by atoms with Crippen LogP contribution in [0.1, 0.15) is 0 Å². The van der Waals surface area contributed by atoms with Gasteiger partial charge in [-0.2, -0.15) is 0 Å². The second kappa shape index (κ2) is 8.31. The molecule has 0 aliphatic heterocycles. The van der Waals surface area contributed by atoms with Gasteiger partial charge in [0.25, 0.3) is 0 Å². The zero-order chi connectivity index (χ0) is 26.4. The third-order valence-electron chi connectivity index (χ3n) is 8.06. The van der Waals surface area contributed by atoms with Crippen LogP contribution < -0.4 is 0 Å². The van der Waals surface area contributed by atoms with Crippen LogP contribution >= 0.6 is 27.3 Å². The lowest BCUT2D eigenvalue weighted by molar-refractivity contribution is 0.668. The van der Waals surface area contributed by atoms with Crippen LogP contribution in [0.3, 0.4) is 0 Å². The summed E-state index contributed by atoms with van der Waals surface area (Å²) in [4.78, 5) is 0. The van der Waals surface area contributed by atoms with Crippen molar-refractivity contribution >= 4 is 91.2 Å². The molecule has 0 N–H and O–H groups in total. The summed E-state index contributed by atoms with van der Waals surface area (Å²) in [6, 6.07) is 43.5. The Hall–Kier alpha value is -4.38. The number of para-hydroxylation sites is 2. The van der Waals surface area contributed by atoms with Gasteiger partial charge in [0, 0.05) is 63.5 Å². The lowest BCUT2D eigenvalue weighted by Gasteiger charge is -2.11. The van der Waals surface area contributed by atoms with Crippen molar-refractivity contribution in [1.82, 2.24) is 4.57 Å². The first-order valence-electron chi connectivity index (χ1n) is 13.3. The van der Waals surface area contributed by atoms with Crippen LogP contribution in [0.15, 0.2) is 130 Å². The molecule has 0 aliphatic rings. The van der Waals surface area contributed by atoms with E-state index in [9.17, 15) is 0 Å². The fourth-order valence-corrected chi connectivity index (χ4v) is 7.81. The molecule has 0 bridgehead atoms. The van der Waals surface area contributed by atoms with Crippen LogP contribution in [-0.4, -0.2) is 4.57 Å². The summed E-state index contributed by atoms with van der Waals surface area (Å²) in [5.41, 5.74) is 7.85. The molecule has 0 saturated carbocycles. The fourth-order valence-electron chi connectivity index (χ4n) is 6.30. The summed E-state index contributed by atoms with van der Waals surface area (Å²) in [5, 5.41) is 7.39. The fraction of sp³-hybridized carbons (Fsp3) is 0. The van der Waals surface area contributed by atoms with Gasteiger partial charge in [-0.15, -0.1) is 11.3 Å². The zero-order valence-corrected chi connectivity index (χ0v) is 23.6. The molecule has 0 unspecified atom stereocenters. The van der Waals surface area contributed by atoms with Gasteiger partial charge in [-0.05, 0) is 54.1 Å². The minimum absolute atomic E-state index is 0.905. The number of hydrogen-bond acceptors (Lipinski definition) is 2. The number of thiophene rings is 1. The summed E-state index contributed by atoms with van der Waals surface area (Å²) in [7, 11) is 0. The van der Waals surface area contributed by atoms with Crippen LogP contribution in [0, 0.1) is 0 Å². The van der Waals surface area contributed by atoms with Crippen molar-refractivity contribution < 1.29 is 4.42 Å². The molecule has 0 amide bonds. The second-order valence-electron chi connectivity index (χ2n) is 10.3. The monoisotopic (exact) mass is 593 g/mol. The highest BCUT2D eigenvalue weighted by atomic mass is 79.9. The zero-order valence-electron chi connectivity index (χ0n) is 21.2. The van der Waals surface area contributed by atoms with E-state index in [0.717, 1.165) is 32.1 Å². The summed E-state index contributed by atoms with van der Waals surface area (Å²) in [6.45, 7) is 0. The van der Waals surface area contributed by atoms with Crippen molar-refractivity contribution in [2.45, 2.75) is 0 Å². The maximum absolute atomic E-state index is 6.33. The Balaban J connectivity index is 1.47. The summed E-state index contributed by atoms with van der Waals surface area (Å²) >= 11 is 5.50. The van der Waals surface area contributed by atoms with Crippen LogP contribution in [0.5, 0.6) is 0 Å². The lowest BCUT2D eigenvalue weighted by atomic mass is 9.99. The highest BCUT2D eigenvalue weighted by Crippen LogP contribution is 2.47. The van der Waals surface area contributed by atoms with Crippen molar-refractivity contribution in [2.24, 2.45) is 0 Å². The third kappa shape index (κ3) is 3.09. The number of furan rings is 1. The number of hydrogen-bond donors (Lipinski definition) is 0. The lowest BCUT2D eigenvalue weighted by Crippen LogP contribution is -1.94. The molecule has 0 aliphatic carbocycles. The molecule has 6 aromatic carbocycles. The van der Waals surface area contributed by atoms with E-state index in [0.29, 0.717) is 0 Å². The first kappa shape index (κ1) is 22.4. The van der Waals surface area contributed by atoms with Gasteiger partial charge in [0.1, 0.15) is 11.2 Å². The van der Waals surface area contributed by atoms with Crippen molar-refractivity contribution in [3.63, 3.8) is 0 Å². The topological polar surface area (TPSA) is 18.1 Å². The maximum Gasteiger partial charge on any atom is 0.137 e. The molecule has 40 heavy (non-hydrogen) atoms. The number of benzene rings is 6. The molecule has 0 spiro atoms. The van der Waals surface area contributed by atoms with Crippen LogP contribution in [0.25, 0.3) is 80.7 Å². The normalized spacial score (nSPS) is 12.1. The van der Waals surface area contributed by atoms with E-state index in [4.69, 9.17) is 4.42 Å². The van der Waals surface area contributed by atoms with E-state index < -0.39 is 0 Å². The number of nitrogens with zero attached hydrogens (tertiary/aromatic N) is 1. The molecule has 9 aromatic rings. The summed E-state index contributed by atoms with van der Waals surface area (Å²) in [5.74, 6) is 0. The Morgan fingerprint density at radius 2 is 1.32 bits per heavy atom. The van der Waals surface area contributed by atoms with E-state index in [2.05, 4.69) is 130 Å². The van der Waals surface area contributed by atoms with Gasteiger partial charge < -0.3 is 8.98 Å². The minimum atomic E-state index is 0.905. The molecule has 0 saturated heterocycles. The highest BCUT2D eigenvalue weighted by molar-refractivity contribution is 9.10. The molecule has 0 radical (unpaired) electrons. The quantitative estimate of drug-likeness (QED) is 0.195. The van der Waals surface area contributed by atoms with E-state index in [1.54, 1.807) is 0 Å². The summed E-state index contributed by atoms with van der Waals surface area (Å²) in [6.07, 6.45) is 0. The van der Waals surface area contributed by atoms with Crippen LogP contribution in [0.4, 0.5) is 0 Å². The van der Waals surface area contributed by atoms with Gasteiger partial charge in [0.05, 0.1) is 11.0 Å². The Labute approximate surface area is 241 Å². The molecule has 9 rings (SSSR count). The van der Waals surface area contributed by atoms with E-state index in [1.165, 1.54) is 53.1 Å². The molecular weight excluding hydrogens is 574 g/mol. The first-order valence-corrected chi connectivity index (χ1v) is 14.9. The maximum atomic E-state index is 6.33. The van der Waals surface area contributed by atoms with Crippen molar-refractivity contribution in [3.05, 3.63) is 126 Å². The highest BCUT2D eigenvalue weighted by Gasteiger charge is 2.21. The standard InChI is InChI=1S/C36H20BrNOS/c37-22-15-13-21(14-16-22)28-20-29-24-7-1-4-10-30(24)38(35(29)34-27-9-3-6-12-33(27)40-36(28)34)23-17-18-26-25-8-2-5-11-31(25)39-32(26)19-23/h1-20H. The Morgan fingerprint density at radius 3 is 2.20 bits per heavy atom. The first-order chi connectivity index (χ1) is 19.7. The largest absolute Gasteiger partial charge is 0.456 e. The molecule has 0 atom stereocenters. The Bertz CT molecular complexity index is 2440. The molecule has 188 valence electrons. The van der Waals surface area contributed by atoms with E-state index >= 15 is 0 Å². The number of aromatic nitrogens is 1. The number of rotatable bonds is 2. The van der Waals surface area contributed by atoms with Gasteiger partial charge in [0.15, 0.2) is 0 Å². The van der Waals surface area contributed by atoms with Crippen LogP contribution in [-0.2, 0) is 0 Å². The predicted octanol–water partition coefficient (Wildman–Crippen LogP) is 11.5. The summed E-state index contributed by atoms with van der Waals surface area (Å²) < 4.78 is 12.5. The van der Waals surface area contributed by atoms with Crippen molar-refractivity contribution in [1.29, 1.82) is 0 Å². The SMILES string of the molecule is Brc1ccc(-c2cc3c4ccccc4n(-c4ccc5c(c4)oc4ccccc45)c3c3c2sc2ccccc23)cc1. The number of halogens is 1. The average Bonchev–Trinajstić information content (AvgIpc) is 3.66. The predicted molar refractivity (Wildman–Crippen MR) is 174 cm³/mol. The molecule has 2 nitrogen and oxygen atoms in total. The molecule has 0 fully saturated rings. The smallest absolute Gasteiger partial charge is 0.137 e. The van der Waals surface area contributed by atoms with Crippen LogP contribution in [0.2, 0.25) is 0 Å². The van der Waals surface area contributed by atoms with Gasteiger partial charge in [-0.25, -0.2) is 0 Å². The Kier molecular flexibility index (Phi) is 4.66. The van der Waals surface area contributed by atoms with Gasteiger partial charge in [0.2, 0.25) is 0 Å².